The molecule has 1 amide bonds. The Morgan fingerprint density at radius 1 is 1.10 bits per heavy atom. The molecule has 0 fully saturated rings. The van der Waals surface area contributed by atoms with Crippen molar-refractivity contribution in [2.24, 2.45) is 0 Å². The fraction of sp³-hybridized carbons (Fsp3) is 0. The predicted molar refractivity (Wildman–Crippen MR) is 83.7 cm³/mol. The maximum Gasteiger partial charge on any atom is 0.337 e. The summed E-state index contributed by atoms with van der Waals surface area (Å²) in [5.74, 6) is -1.52. The molecule has 0 bridgehead atoms. The van der Waals surface area contributed by atoms with Crippen molar-refractivity contribution in [3.8, 4) is 0 Å². The number of hydrogen-bond acceptors (Lipinski definition) is 2. The van der Waals surface area contributed by atoms with Crippen LogP contribution >= 0.6 is 15.9 Å². The van der Waals surface area contributed by atoms with Crippen molar-refractivity contribution >= 4 is 44.6 Å². The van der Waals surface area contributed by atoms with Gasteiger partial charge >= 0.3 is 5.97 Å². The van der Waals surface area contributed by atoms with Gasteiger partial charge in [-0.05, 0) is 23.8 Å². The van der Waals surface area contributed by atoms with Gasteiger partial charge in [-0.1, -0.05) is 46.3 Å². The molecule has 104 valence electrons. The van der Waals surface area contributed by atoms with Crippen molar-refractivity contribution in [2.45, 2.75) is 0 Å². The maximum absolute atomic E-state index is 12.2. The molecule has 0 atom stereocenters. The Morgan fingerprint density at radius 2 is 1.81 bits per heavy atom. The number of carboxylic acids is 1. The molecular formula is C16H10BrNO3. The van der Waals surface area contributed by atoms with E-state index >= 15 is 0 Å². The fourth-order valence-corrected chi connectivity index (χ4v) is 2.73. The summed E-state index contributed by atoms with van der Waals surface area (Å²) < 4.78 is 0.785. The Labute approximate surface area is 129 Å². The molecule has 0 aliphatic carbocycles. The quantitative estimate of drug-likeness (QED) is 0.821. The fourth-order valence-electron chi connectivity index (χ4n) is 2.37. The molecule has 1 aliphatic rings. The van der Waals surface area contributed by atoms with Gasteiger partial charge in [0.15, 0.2) is 0 Å². The summed E-state index contributed by atoms with van der Waals surface area (Å²) in [6.45, 7) is 0. The highest BCUT2D eigenvalue weighted by molar-refractivity contribution is 9.10. The summed E-state index contributed by atoms with van der Waals surface area (Å²) in [6.07, 6.45) is 0. The topological polar surface area (TPSA) is 66.4 Å². The molecule has 2 N–H and O–H groups in total. The number of anilines is 1. The van der Waals surface area contributed by atoms with Gasteiger partial charge in [0.2, 0.25) is 0 Å². The second kappa shape index (κ2) is 5.18. The molecule has 1 aliphatic heterocycles. The first-order chi connectivity index (χ1) is 10.1. The smallest absolute Gasteiger partial charge is 0.337 e. The second-order valence-electron chi connectivity index (χ2n) is 4.57. The van der Waals surface area contributed by atoms with E-state index in [1.807, 2.05) is 0 Å². The highest BCUT2D eigenvalue weighted by Gasteiger charge is 2.30. The molecule has 0 saturated heterocycles. The van der Waals surface area contributed by atoms with Crippen LogP contribution in [0.1, 0.15) is 11.1 Å². The maximum atomic E-state index is 12.2. The lowest BCUT2D eigenvalue weighted by molar-refractivity contribution is -0.130. The molecule has 2 aromatic carbocycles. The van der Waals surface area contributed by atoms with Gasteiger partial charge in [0.1, 0.15) is 0 Å². The van der Waals surface area contributed by atoms with Crippen molar-refractivity contribution in [2.75, 3.05) is 5.32 Å². The summed E-state index contributed by atoms with van der Waals surface area (Å²) in [5, 5.41) is 12.2. The highest BCUT2D eigenvalue weighted by atomic mass is 79.9. The number of carboxylic acid groups (broad SMARTS) is 1. The Kier molecular flexibility index (Phi) is 3.35. The SMILES string of the molecule is O=C(O)/C(=C1\C(=O)Nc2ccc(Br)cc21)c1ccccc1. The zero-order valence-corrected chi connectivity index (χ0v) is 12.3. The summed E-state index contributed by atoms with van der Waals surface area (Å²) in [7, 11) is 0. The number of nitrogens with one attached hydrogen (secondary N) is 1. The van der Waals surface area contributed by atoms with E-state index < -0.39 is 11.9 Å². The summed E-state index contributed by atoms with van der Waals surface area (Å²) in [4.78, 5) is 23.9. The van der Waals surface area contributed by atoms with Crippen LogP contribution in [0.3, 0.4) is 0 Å². The van der Waals surface area contributed by atoms with Gasteiger partial charge in [-0.3, -0.25) is 4.79 Å². The normalized spacial score (nSPS) is 15.4. The number of carbonyl (C=O) groups excluding carboxylic acids is 1. The highest BCUT2D eigenvalue weighted by Crippen LogP contribution is 2.38. The third-order valence-electron chi connectivity index (χ3n) is 3.25. The predicted octanol–water partition coefficient (Wildman–Crippen LogP) is 3.40. The average Bonchev–Trinajstić information content (AvgIpc) is 2.77. The van der Waals surface area contributed by atoms with E-state index in [2.05, 4.69) is 21.2 Å². The van der Waals surface area contributed by atoms with Gasteiger partial charge in [0.05, 0.1) is 11.1 Å². The lowest BCUT2D eigenvalue weighted by Gasteiger charge is -2.07. The van der Waals surface area contributed by atoms with Crippen LogP contribution in [-0.4, -0.2) is 17.0 Å². The van der Waals surface area contributed by atoms with Gasteiger partial charge in [-0.2, -0.15) is 0 Å². The molecule has 0 aromatic heterocycles. The van der Waals surface area contributed by atoms with Crippen LogP contribution in [0.2, 0.25) is 0 Å². The van der Waals surface area contributed by atoms with E-state index in [1.165, 1.54) is 0 Å². The first kappa shape index (κ1) is 13.6. The molecule has 2 aromatic rings. The second-order valence-corrected chi connectivity index (χ2v) is 5.48. The number of benzene rings is 2. The van der Waals surface area contributed by atoms with Crippen molar-refractivity contribution in [3.63, 3.8) is 0 Å². The number of amides is 1. The van der Waals surface area contributed by atoms with Crippen molar-refractivity contribution in [1.82, 2.24) is 0 Å². The van der Waals surface area contributed by atoms with Crippen molar-refractivity contribution < 1.29 is 14.7 Å². The Hall–Kier alpha value is -2.40. The number of hydrogen-bond donors (Lipinski definition) is 2. The zero-order valence-electron chi connectivity index (χ0n) is 10.8. The van der Waals surface area contributed by atoms with Gasteiger partial charge < -0.3 is 10.4 Å². The molecule has 1 heterocycles. The number of halogens is 1. The summed E-state index contributed by atoms with van der Waals surface area (Å²) >= 11 is 3.35. The van der Waals surface area contributed by atoms with Crippen LogP contribution < -0.4 is 5.32 Å². The summed E-state index contributed by atoms with van der Waals surface area (Å²) in [5.41, 5.74) is 1.90. The van der Waals surface area contributed by atoms with Gasteiger partial charge in [0.25, 0.3) is 5.91 Å². The molecule has 0 unspecified atom stereocenters. The summed E-state index contributed by atoms with van der Waals surface area (Å²) in [6, 6.07) is 13.9. The number of rotatable bonds is 2. The first-order valence-corrected chi connectivity index (χ1v) is 7.01. The molecule has 21 heavy (non-hydrogen) atoms. The Balaban J connectivity index is 2.31. The lowest BCUT2D eigenvalue weighted by atomic mass is 9.95. The van der Waals surface area contributed by atoms with Crippen molar-refractivity contribution in [1.29, 1.82) is 0 Å². The lowest BCUT2D eigenvalue weighted by Crippen LogP contribution is -2.10. The van der Waals surface area contributed by atoms with Crippen LogP contribution in [-0.2, 0) is 9.59 Å². The third kappa shape index (κ3) is 2.36. The van der Waals surface area contributed by atoms with Crippen LogP contribution in [0.4, 0.5) is 5.69 Å². The van der Waals surface area contributed by atoms with Crippen LogP contribution in [0.15, 0.2) is 53.0 Å². The monoisotopic (exact) mass is 343 g/mol. The third-order valence-corrected chi connectivity index (χ3v) is 3.75. The molecule has 3 rings (SSSR count). The van der Waals surface area contributed by atoms with Gasteiger partial charge in [0, 0.05) is 15.7 Å². The number of carbonyl (C=O) groups is 2. The minimum atomic E-state index is -1.13. The minimum absolute atomic E-state index is 0.00458. The van der Waals surface area contributed by atoms with E-state index in [4.69, 9.17) is 0 Å². The Morgan fingerprint density at radius 3 is 2.48 bits per heavy atom. The van der Waals surface area contributed by atoms with E-state index in [1.54, 1.807) is 48.5 Å². The van der Waals surface area contributed by atoms with Gasteiger partial charge in [-0.25, -0.2) is 4.79 Å². The largest absolute Gasteiger partial charge is 0.478 e. The van der Waals surface area contributed by atoms with E-state index in [0.717, 1.165) is 4.47 Å². The van der Waals surface area contributed by atoms with Crippen LogP contribution in [0.5, 0.6) is 0 Å². The van der Waals surface area contributed by atoms with Crippen LogP contribution in [0.25, 0.3) is 11.1 Å². The molecule has 0 saturated carbocycles. The van der Waals surface area contributed by atoms with E-state index in [9.17, 15) is 14.7 Å². The molecular weight excluding hydrogens is 334 g/mol. The Bertz CT molecular complexity index is 781. The number of fused-ring (bicyclic) bond motifs is 1. The first-order valence-electron chi connectivity index (χ1n) is 6.22. The molecule has 0 spiro atoms. The zero-order chi connectivity index (χ0) is 15.0. The minimum Gasteiger partial charge on any atom is -0.478 e. The van der Waals surface area contributed by atoms with Crippen molar-refractivity contribution in [3.05, 3.63) is 64.1 Å². The standard InChI is InChI=1S/C16H10BrNO3/c17-10-6-7-12-11(8-10)14(15(19)18-12)13(16(20)21)9-4-2-1-3-5-9/h1-8H,(H,18,19)(H,20,21)/b14-13-. The van der Waals surface area contributed by atoms with Crippen LogP contribution in [0, 0.1) is 0 Å². The molecule has 0 radical (unpaired) electrons. The average molecular weight is 344 g/mol. The molecule has 5 heteroatoms. The number of aliphatic carboxylic acids is 1. The van der Waals surface area contributed by atoms with E-state index in [-0.39, 0.29) is 11.1 Å². The van der Waals surface area contributed by atoms with E-state index in [0.29, 0.717) is 16.8 Å². The van der Waals surface area contributed by atoms with Gasteiger partial charge in [-0.15, -0.1) is 0 Å². The molecule has 4 nitrogen and oxygen atoms in total.